The zero-order chi connectivity index (χ0) is 16.2. The number of amides is 1. The van der Waals surface area contributed by atoms with Gasteiger partial charge < -0.3 is 5.73 Å². The molecule has 6 heteroatoms. The fourth-order valence-electron chi connectivity index (χ4n) is 2.06. The summed E-state index contributed by atoms with van der Waals surface area (Å²) in [7, 11) is 0. The van der Waals surface area contributed by atoms with E-state index in [2.05, 4.69) is 22.1 Å². The number of nitrogens with zero attached hydrogens (tertiary/aromatic N) is 2. The number of H-pyrrole nitrogens is 1. The number of aryl methyl sites for hydroxylation is 1. The summed E-state index contributed by atoms with van der Waals surface area (Å²) >= 11 is 1.54. The van der Waals surface area contributed by atoms with Gasteiger partial charge in [-0.15, -0.1) is 5.10 Å². The van der Waals surface area contributed by atoms with Crippen LogP contribution in [0.4, 0.5) is 0 Å². The molecule has 2 aromatic carbocycles. The summed E-state index contributed by atoms with van der Waals surface area (Å²) in [6, 6.07) is 15.4. The summed E-state index contributed by atoms with van der Waals surface area (Å²) in [5.74, 6) is 1.07. The zero-order valence-electron chi connectivity index (χ0n) is 12.6. The molecule has 3 N–H and O–H groups in total. The highest BCUT2D eigenvalue weighted by atomic mass is 32.2. The first-order valence-corrected chi connectivity index (χ1v) is 8.11. The van der Waals surface area contributed by atoms with Gasteiger partial charge in [0.25, 0.3) is 0 Å². The van der Waals surface area contributed by atoms with Crippen LogP contribution in [0.15, 0.2) is 53.7 Å². The minimum atomic E-state index is -0.416. The first-order valence-electron chi connectivity index (χ1n) is 7.13. The van der Waals surface area contributed by atoms with Gasteiger partial charge in [-0.1, -0.05) is 53.7 Å². The standard InChI is InChI=1S/C17H16N4OS/c1-11-2-6-14(7-3-11)16-19-17(21-20-16)23-10-12-4-8-13(9-5-12)15(18)22/h2-9H,10H2,1H3,(H2,18,22)(H,19,20,21). The second kappa shape index (κ2) is 6.66. The smallest absolute Gasteiger partial charge is 0.248 e. The highest BCUT2D eigenvalue weighted by Gasteiger charge is 2.07. The minimum Gasteiger partial charge on any atom is -0.366 e. The predicted octanol–water partition coefficient (Wildman–Crippen LogP) is 3.17. The molecule has 116 valence electrons. The Balaban J connectivity index is 1.65. The van der Waals surface area contributed by atoms with E-state index < -0.39 is 5.91 Å². The monoisotopic (exact) mass is 324 g/mol. The number of thioether (sulfide) groups is 1. The second-order valence-corrected chi connectivity index (χ2v) is 6.12. The summed E-state index contributed by atoms with van der Waals surface area (Å²) in [6.07, 6.45) is 0. The SMILES string of the molecule is Cc1ccc(-c2nc(SCc3ccc(C(N)=O)cc3)n[nH]2)cc1. The molecule has 3 aromatic rings. The third kappa shape index (κ3) is 3.78. The number of aromatic nitrogens is 3. The molecule has 0 radical (unpaired) electrons. The van der Waals surface area contributed by atoms with Gasteiger partial charge in [-0.2, -0.15) is 0 Å². The van der Waals surface area contributed by atoms with Crippen LogP contribution in [0.25, 0.3) is 11.4 Å². The van der Waals surface area contributed by atoms with Crippen LogP contribution in [0.3, 0.4) is 0 Å². The molecule has 0 fully saturated rings. The number of benzene rings is 2. The average molecular weight is 324 g/mol. The van der Waals surface area contributed by atoms with Crippen molar-refractivity contribution in [1.82, 2.24) is 15.2 Å². The van der Waals surface area contributed by atoms with Crippen molar-refractivity contribution in [3.05, 3.63) is 65.2 Å². The lowest BCUT2D eigenvalue weighted by Crippen LogP contribution is -2.10. The molecule has 0 saturated carbocycles. The van der Waals surface area contributed by atoms with Crippen LogP contribution in [0.1, 0.15) is 21.5 Å². The van der Waals surface area contributed by atoms with E-state index in [9.17, 15) is 4.79 Å². The number of hydrogen-bond acceptors (Lipinski definition) is 4. The van der Waals surface area contributed by atoms with Crippen molar-refractivity contribution in [2.24, 2.45) is 5.73 Å². The molecule has 0 saturated heterocycles. The van der Waals surface area contributed by atoms with Crippen molar-refractivity contribution < 1.29 is 4.79 Å². The molecule has 0 aliphatic heterocycles. The summed E-state index contributed by atoms with van der Waals surface area (Å²) < 4.78 is 0. The quantitative estimate of drug-likeness (QED) is 0.706. The van der Waals surface area contributed by atoms with E-state index in [0.29, 0.717) is 10.7 Å². The van der Waals surface area contributed by atoms with Crippen LogP contribution in [0.5, 0.6) is 0 Å². The normalized spacial score (nSPS) is 10.7. The third-order valence-electron chi connectivity index (χ3n) is 3.40. The largest absolute Gasteiger partial charge is 0.366 e. The maximum absolute atomic E-state index is 11.0. The molecule has 3 rings (SSSR count). The molecule has 23 heavy (non-hydrogen) atoms. The molecule has 0 bridgehead atoms. The summed E-state index contributed by atoms with van der Waals surface area (Å²) in [6.45, 7) is 2.05. The first-order chi connectivity index (χ1) is 11.1. The molecule has 1 aromatic heterocycles. The van der Waals surface area contributed by atoms with E-state index in [1.54, 1.807) is 12.1 Å². The van der Waals surface area contributed by atoms with Gasteiger partial charge >= 0.3 is 0 Å². The van der Waals surface area contributed by atoms with E-state index >= 15 is 0 Å². The van der Waals surface area contributed by atoms with E-state index in [1.165, 1.54) is 17.3 Å². The first kappa shape index (κ1) is 15.3. The Morgan fingerprint density at radius 1 is 1.13 bits per heavy atom. The molecule has 0 spiro atoms. The van der Waals surface area contributed by atoms with Crippen LogP contribution in [-0.4, -0.2) is 21.1 Å². The third-order valence-corrected chi connectivity index (χ3v) is 4.31. The van der Waals surface area contributed by atoms with Gasteiger partial charge in [-0.05, 0) is 24.6 Å². The van der Waals surface area contributed by atoms with Crippen LogP contribution < -0.4 is 5.73 Å². The number of nitrogens with one attached hydrogen (secondary N) is 1. The molecule has 1 heterocycles. The number of aromatic amines is 1. The van der Waals surface area contributed by atoms with Crippen LogP contribution in [0.2, 0.25) is 0 Å². The van der Waals surface area contributed by atoms with E-state index in [-0.39, 0.29) is 0 Å². The Bertz CT molecular complexity index is 809. The van der Waals surface area contributed by atoms with Gasteiger partial charge in [-0.25, -0.2) is 4.98 Å². The molecule has 0 aliphatic carbocycles. The van der Waals surface area contributed by atoms with Crippen molar-refractivity contribution >= 4 is 17.7 Å². The lowest BCUT2D eigenvalue weighted by atomic mass is 10.1. The number of nitrogens with two attached hydrogens (primary N) is 1. The van der Waals surface area contributed by atoms with E-state index in [0.717, 1.165) is 22.7 Å². The Labute approximate surface area is 138 Å². The van der Waals surface area contributed by atoms with E-state index in [4.69, 9.17) is 5.73 Å². The van der Waals surface area contributed by atoms with Crippen LogP contribution in [-0.2, 0) is 5.75 Å². The van der Waals surface area contributed by atoms with Gasteiger partial charge in [0.15, 0.2) is 5.82 Å². The Hall–Kier alpha value is -2.60. The Morgan fingerprint density at radius 2 is 1.83 bits per heavy atom. The van der Waals surface area contributed by atoms with Crippen molar-refractivity contribution in [3.8, 4) is 11.4 Å². The van der Waals surface area contributed by atoms with Crippen LogP contribution >= 0.6 is 11.8 Å². The van der Waals surface area contributed by atoms with Crippen molar-refractivity contribution in [3.63, 3.8) is 0 Å². The highest BCUT2D eigenvalue weighted by molar-refractivity contribution is 7.98. The predicted molar refractivity (Wildman–Crippen MR) is 91.1 cm³/mol. The topological polar surface area (TPSA) is 84.7 Å². The van der Waals surface area contributed by atoms with Gasteiger partial charge in [0.1, 0.15) is 0 Å². The van der Waals surface area contributed by atoms with Crippen molar-refractivity contribution in [2.45, 2.75) is 17.8 Å². The van der Waals surface area contributed by atoms with Gasteiger partial charge in [0.05, 0.1) is 0 Å². The lowest BCUT2D eigenvalue weighted by molar-refractivity contribution is 0.100. The van der Waals surface area contributed by atoms with Gasteiger partial charge in [0.2, 0.25) is 11.1 Å². The molecule has 5 nitrogen and oxygen atoms in total. The number of carbonyl (C=O) groups is 1. The van der Waals surface area contributed by atoms with Gasteiger partial charge in [-0.3, -0.25) is 9.89 Å². The second-order valence-electron chi connectivity index (χ2n) is 5.18. The zero-order valence-corrected chi connectivity index (χ0v) is 13.4. The van der Waals surface area contributed by atoms with Crippen LogP contribution in [0, 0.1) is 6.92 Å². The van der Waals surface area contributed by atoms with E-state index in [1.807, 2.05) is 36.4 Å². The summed E-state index contributed by atoms with van der Waals surface area (Å²) in [5.41, 5.74) is 9.05. The molecule has 0 unspecified atom stereocenters. The summed E-state index contributed by atoms with van der Waals surface area (Å²) in [4.78, 5) is 15.5. The molecule has 1 amide bonds. The molecule has 0 aliphatic rings. The highest BCUT2D eigenvalue weighted by Crippen LogP contribution is 2.22. The Kier molecular flexibility index (Phi) is 4.43. The number of hydrogen-bond donors (Lipinski definition) is 2. The fraction of sp³-hybridized carbons (Fsp3) is 0.118. The van der Waals surface area contributed by atoms with Crippen molar-refractivity contribution in [1.29, 1.82) is 0 Å². The maximum atomic E-state index is 11.0. The lowest BCUT2D eigenvalue weighted by Gasteiger charge is -2.00. The maximum Gasteiger partial charge on any atom is 0.248 e. The van der Waals surface area contributed by atoms with Crippen molar-refractivity contribution in [2.75, 3.05) is 0 Å². The van der Waals surface area contributed by atoms with Gasteiger partial charge in [0, 0.05) is 16.9 Å². The minimum absolute atomic E-state index is 0.416. The average Bonchev–Trinajstić information content (AvgIpc) is 3.03. The molecule has 0 atom stereocenters. The number of primary amides is 1. The number of carbonyl (C=O) groups excluding carboxylic acids is 1. The molecular weight excluding hydrogens is 308 g/mol. The summed E-state index contributed by atoms with van der Waals surface area (Å²) in [5, 5.41) is 7.88. The number of rotatable bonds is 5. The Morgan fingerprint density at radius 3 is 2.48 bits per heavy atom. The fourth-order valence-corrected chi connectivity index (χ4v) is 2.82. The molecular formula is C17H16N4OS.